The van der Waals surface area contributed by atoms with Gasteiger partial charge in [-0.05, 0) is 41.8 Å². The van der Waals surface area contributed by atoms with Gasteiger partial charge in [0, 0.05) is 6.20 Å². The second-order valence-electron chi connectivity index (χ2n) is 7.17. The number of carboxylic acid groups (broad SMARTS) is 1. The van der Waals surface area contributed by atoms with E-state index in [9.17, 15) is 24.2 Å². The highest BCUT2D eigenvalue weighted by Crippen LogP contribution is 2.26. The van der Waals surface area contributed by atoms with E-state index < -0.39 is 11.4 Å². The van der Waals surface area contributed by atoms with Crippen molar-refractivity contribution in [1.82, 2.24) is 4.57 Å². The highest BCUT2D eigenvalue weighted by Gasteiger charge is 2.21. The molecule has 0 saturated heterocycles. The van der Waals surface area contributed by atoms with Crippen molar-refractivity contribution in [3.05, 3.63) is 75.8 Å². The molecule has 0 aliphatic heterocycles. The lowest BCUT2D eigenvalue weighted by Crippen LogP contribution is -2.25. The molecule has 0 spiro atoms. The summed E-state index contributed by atoms with van der Waals surface area (Å²) in [6.45, 7) is 3.79. The molecule has 0 aliphatic carbocycles. The number of aliphatic hydroxyl groups excluding tert-OH is 1. The van der Waals surface area contributed by atoms with Crippen LogP contribution < -0.4 is 10.2 Å². The van der Waals surface area contributed by atoms with Crippen LogP contribution in [0.5, 0.6) is 5.75 Å². The highest BCUT2D eigenvalue weighted by molar-refractivity contribution is 5.93. The van der Waals surface area contributed by atoms with Crippen LogP contribution in [0.4, 0.5) is 4.39 Å². The van der Waals surface area contributed by atoms with Crippen molar-refractivity contribution in [3.63, 3.8) is 0 Å². The Balaban J connectivity index is 2.06. The van der Waals surface area contributed by atoms with Gasteiger partial charge < -0.3 is 19.5 Å². The van der Waals surface area contributed by atoms with E-state index in [1.807, 2.05) is 13.8 Å². The summed E-state index contributed by atoms with van der Waals surface area (Å²) >= 11 is 0. The summed E-state index contributed by atoms with van der Waals surface area (Å²) in [6.07, 6.45) is 1.28. The van der Waals surface area contributed by atoms with E-state index in [0.29, 0.717) is 11.3 Å². The highest BCUT2D eigenvalue weighted by atomic mass is 19.1. The molecule has 3 rings (SSSR count). The summed E-state index contributed by atoms with van der Waals surface area (Å²) < 4.78 is 20.4. The van der Waals surface area contributed by atoms with Crippen molar-refractivity contribution >= 4 is 16.9 Å². The quantitative estimate of drug-likeness (QED) is 0.634. The van der Waals surface area contributed by atoms with Gasteiger partial charge in [-0.2, -0.15) is 0 Å². The SMILES string of the molecule is CC(C)[C@@H](CO)n1cc(C(=O)O)c(=O)c2cc(OCc3ccc(F)cc3)ccc21. The van der Waals surface area contributed by atoms with E-state index in [1.54, 1.807) is 28.8 Å². The largest absolute Gasteiger partial charge is 0.489 e. The zero-order valence-corrected chi connectivity index (χ0v) is 16.1. The number of pyridine rings is 1. The Morgan fingerprint density at radius 2 is 1.86 bits per heavy atom. The first-order valence-electron chi connectivity index (χ1n) is 9.22. The number of aromatic carboxylic acids is 1. The minimum absolute atomic E-state index is 0.0155. The smallest absolute Gasteiger partial charge is 0.341 e. The first-order valence-corrected chi connectivity index (χ1v) is 9.22. The number of hydrogen-bond donors (Lipinski definition) is 2. The number of rotatable bonds is 7. The minimum atomic E-state index is -1.33. The van der Waals surface area contributed by atoms with Crippen LogP contribution in [-0.2, 0) is 6.61 Å². The minimum Gasteiger partial charge on any atom is -0.489 e. The van der Waals surface area contributed by atoms with E-state index in [0.717, 1.165) is 5.56 Å². The molecule has 1 atom stereocenters. The number of aromatic nitrogens is 1. The molecule has 29 heavy (non-hydrogen) atoms. The fourth-order valence-electron chi connectivity index (χ4n) is 3.22. The lowest BCUT2D eigenvalue weighted by atomic mass is 10.0. The van der Waals surface area contributed by atoms with Crippen LogP contribution in [0.1, 0.15) is 35.8 Å². The summed E-state index contributed by atoms with van der Waals surface area (Å²) in [5.74, 6) is -1.27. The summed E-state index contributed by atoms with van der Waals surface area (Å²) in [7, 11) is 0. The Kier molecular flexibility index (Phi) is 5.98. The van der Waals surface area contributed by atoms with Crippen molar-refractivity contribution in [2.45, 2.75) is 26.5 Å². The van der Waals surface area contributed by atoms with E-state index in [1.165, 1.54) is 24.4 Å². The van der Waals surface area contributed by atoms with Crippen LogP contribution in [0.15, 0.2) is 53.5 Å². The molecule has 0 amide bonds. The maximum absolute atomic E-state index is 13.0. The van der Waals surface area contributed by atoms with Gasteiger partial charge in [0.1, 0.15) is 23.7 Å². The van der Waals surface area contributed by atoms with Crippen LogP contribution in [0.2, 0.25) is 0 Å². The van der Waals surface area contributed by atoms with Gasteiger partial charge in [-0.3, -0.25) is 4.79 Å². The fraction of sp³-hybridized carbons (Fsp3) is 0.273. The summed E-state index contributed by atoms with van der Waals surface area (Å²) in [6, 6.07) is 10.3. The van der Waals surface area contributed by atoms with Gasteiger partial charge in [-0.25, -0.2) is 9.18 Å². The van der Waals surface area contributed by atoms with Crippen LogP contribution in [-0.4, -0.2) is 27.4 Å². The average Bonchev–Trinajstić information content (AvgIpc) is 2.69. The van der Waals surface area contributed by atoms with E-state index >= 15 is 0 Å². The van der Waals surface area contributed by atoms with Crippen LogP contribution >= 0.6 is 0 Å². The van der Waals surface area contributed by atoms with Gasteiger partial charge in [0.05, 0.1) is 23.6 Å². The zero-order chi connectivity index (χ0) is 21.1. The molecule has 0 unspecified atom stereocenters. The van der Waals surface area contributed by atoms with Crippen molar-refractivity contribution in [2.75, 3.05) is 6.61 Å². The number of ether oxygens (including phenoxy) is 1. The molecule has 152 valence electrons. The second-order valence-corrected chi connectivity index (χ2v) is 7.17. The van der Waals surface area contributed by atoms with Gasteiger partial charge in [0.15, 0.2) is 0 Å². The number of nitrogens with zero attached hydrogens (tertiary/aromatic N) is 1. The first-order chi connectivity index (χ1) is 13.8. The number of halogens is 1. The normalized spacial score (nSPS) is 12.3. The Labute approximate surface area is 166 Å². The third-order valence-corrected chi connectivity index (χ3v) is 4.87. The monoisotopic (exact) mass is 399 g/mol. The maximum atomic E-state index is 13.0. The number of aliphatic hydroxyl groups is 1. The van der Waals surface area contributed by atoms with Crippen molar-refractivity contribution in [2.24, 2.45) is 5.92 Å². The summed E-state index contributed by atoms with van der Waals surface area (Å²) in [5.41, 5.74) is 0.286. The molecule has 0 saturated carbocycles. The van der Waals surface area contributed by atoms with Crippen molar-refractivity contribution in [1.29, 1.82) is 0 Å². The maximum Gasteiger partial charge on any atom is 0.341 e. The Morgan fingerprint density at radius 1 is 1.17 bits per heavy atom. The molecule has 7 heteroatoms. The standard InChI is InChI=1S/C22H22FNO5/c1-13(2)20(11-25)24-10-18(22(27)28)21(26)17-9-16(7-8-19(17)24)29-12-14-3-5-15(23)6-4-14/h3-10,13,20,25H,11-12H2,1-2H3,(H,27,28)/t20-/m1/s1. The predicted molar refractivity (Wildman–Crippen MR) is 107 cm³/mol. The lowest BCUT2D eigenvalue weighted by Gasteiger charge is -2.24. The zero-order valence-electron chi connectivity index (χ0n) is 16.1. The molecular weight excluding hydrogens is 377 g/mol. The number of carboxylic acids is 1. The van der Waals surface area contributed by atoms with E-state index in [-0.39, 0.29) is 41.9 Å². The fourth-order valence-corrected chi connectivity index (χ4v) is 3.22. The predicted octanol–water partition coefficient (Wildman–Crippen LogP) is 3.61. The van der Waals surface area contributed by atoms with E-state index in [4.69, 9.17) is 4.74 Å². The molecule has 1 aromatic heterocycles. The Hall–Kier alpha value is -3.19. The molecule has 6 nitrogen and oxygen atoms in total. The second kappa shape index (κ2) is 8.45. The first kappa shape index (κ1) is 20.5. The molecular formula is C22H22FNO5. The molecule has 2 N–H and O–H groups in total. The summed E-state index contributed by atoms with van der Waals surface area (Å²) in [4.78, 5) is 24.3. The van der Waals surface area contributed by atoms with Crippen LogP contribution in [0.25, 0.3) is 10.9 Å². The van der Waals surface area contributed by atoms with E-state index in [2.05, 4.69) is 0 Å². The van der Waals surface area contributed by atoms with Gasteiger partial charge >= 0.3 is 5.97 Å². The molecule has 0 fully saturated rings. The molecule has 1 heterocycles. The van der Waals surface area contributed by atoms with Gasteiger partial charge in [0.25, 0.3) is 0 Å². The Bertz CT molecular complexity index is 1090. The lowest BCUT2D eigenvalue weighted by molar-refractivity contribution is 0.0694. The number of benzene rings is 2. The third kappa shape index (κ3) is 4.30. The summed E-state index contributed by atoms with van der Waals surface area (Å²) in [5, 5.41) is 19.4. The van der Waals surface area contributed by atoms with Gasteiger partial charge in [-0.1, -0.05) is 26.0 Å². The van der Waals surface area contributed by atoms with Gasteiger partial charge in [0.2, 0.25) is 5.43 Å². The van der Waals surface area contributed by atoms with Crippen molar-refractivity contribution in [3.8, 4) is 5.75 Å². The average molecular weight is 399 g/mol. The van der Waals surface area contributed by atoms with Crippen LogP contribution in [0, 0.1) is 11.7 Å². The van der Waals surface area contributed by atoms with Gasteiger partial charge in [-0.15, -0.1) is 0 Å². The third-order valence-electron chi connectivity index (χ3n) is 4.87. The van der Waals surface area contributed by atoms with Crippen LogP contribution in [0.3, 0.4) is 0 Å². The molecule has 0 radical (unpaired) electrons. The Morgan fingerprint density at radius 3 is 2.45 bits per heavy atom. The number of carbonyl (C=O) groups is 1. The number of hydrogen-bond acceptors (Lipinski definition) is 4. The molecule has 0 bridgehead atoms. The molecule has 0 aliphatic rings. The number of fused-ring (bicyclic) bond motifs is 1. The molecule has 3 aromatic rings. The topological polar surface area (TPSA) is 88.8 Å². The molecule has 2 aromatic carbocycles. The van der Waals surface area contributed by atoms with Crippen molar-refractivity contribution < 1.29 is 24.1 Å².